The van der Waals surface area contributed by atoms with E-state index in [9.17, 15) is 4.79 Å². The van der Waals surface area contributed by atoms with E-state index in [0.717, 1.165) is 15.0 Å². The van der Waals surface area contributed by atoms with Gasteiger partial charge in [0.1, 0.15) is 11.5 Å². The summed E-state index contributed by atoms with van der Waals surface area (Å²) in [5, 5.41) is 9.02. The maximum Gasteiger partial charge on any atom is 0.328 e. The van der Waals surface area contributed by atoms with Crippen molar-refractivity contribution in [3.63, 3.8) is 0 Å². The molecule has 0 fully saturated rings. The molecule has 2 aromatic rings. The molecule has 0 aliphatic heterocycles. The molecule has 0 aromatic heterocycles. The van der Waals surface area contributed by atoms with E-state index in [0.29, 0.717) is 22.1 Å². The zero-order valence-electron chi connectivity index (χ0n) is 10.5. The summed E-state index contributed by atoms with van der Waals surface area (Å²) in [6.07, 6.45) is 2.47. The minimum absolute atomic E-state index is 0.415. The standard InChI is InChI=1S/C15H9Br2ClO3/c16-10-3-5-14(12(17)7-10)21-11-4-1-9(13(18)8-11)2-6-15(19)20/h1-8H,(H,19,20)/b6-2+. The van der Waals surface area contributed by atoms with Crippen LogP contribution in [0.25, 0.3) is 6.08 Å². The minimum atomic E-state index is -1.02. The van der Waals surface area contributed by atoms with E-state index in [4.69, 9.17) is 21.4 Å². The number of carboxylic acid groups (broad SMARTS) is 1. The summed E-state index contributed by atoms with van der Waals surface area (Å²) in [6.45, 7) is 0. The van der Waals surface area contributed by atoms with Crippen molar-refractivity contribution in [3.8, 4) is 11.5 Å². The predicted octanol–water partition coefficient (Wildman–Crippen LogP) is 5.76. The monoisotopic (exact) mass is 430 g/mol. The summed E-state index contributed by atoms with van der Waals surface area (Å²) in [7, 11) is 0. The molecule has 0 aliphatic rings. The predicted molar refractivity (Wildman–Crippen MR) is 90.0 cm³/mol. The summed E-state index contributed by atoms with van der Waals surface area (Å²) in [5.41, 5.74) is 0.612. The number of carboxylic acids is 1. The van der Waals surface area contributed by atoms with Crippen LogP contribution in [0.5, 0.6) is 11.5 Å². The number of rotatable bonds is 4. The van der Waals surface area contributed by atoms with E-state index in [1.807, 2.05) is 18.2 Å². The lowest BCUT2D eigenvalue weighted by molar-refractivity contribution is -0.131. The Bertz CT molecular complexity index is 714. The minimum Gasteiger partial charge on any atom is -0.478 e. The molecule has 0 saturated heterocycles. The molecule has 0 atom stereocenters. The van der Waals surface area contributed by atoms with Crippen molar-refractivity contribution in [3.05, 3.63) is 62.0 Å². The second kappa shape index (κ2) is 7.11. The summed E-state index contributed by atoms with van der Waals surface area (Å²) in [4.78, 5) is 10.5. The normalized spacial score (nSPS) is 10.8. The smallest absolute Gasteiger partial charge is 0.328 e. The highest BCUT2D eigenvalue weighted by Gasteiger charge is 2.06. The highest BCUT2D eigenvalue weighted by molar-refractivity contribution is 9.11. The number of carbonyl (C=O) groups is 1. The number of benzene rings is 2. The van der Waals surface area contributed by atoms with Gasteiger partial charge in [-0.25, -0.2) is 4.79 Å². The van der Waals surface area contributed by atoms with Crippen LogP contribution in [-0.2, 0) is 4.79 Å². The van der Waals surface area contributed by atoms with E-state index in [1.165, 1.54) is 6.08 Å². The summed E-state index contributed by atoms with van der Waals surface area (Å²) >= 11 is 12.9. The first-order chi connectivity index (χ1) is 9.95. The van der Waals surface area contributed by atoms with Gasteiger partial charge in [-0.05, 0) is 64.0 Å². The molecule has 0 unspecified atom stereocenters. The SMILES string of the molecule is O=C(O)/C=C/c1ccc(Oc2ccc(Br)cc2Br)cc1Cl. The lowest BCUT2D eigenvalue weighted by atomic mass is 10.2. The van der Waals surface area contributed by atoms with Crippen molar-refractivity contribution >= 4 is 55.5 Å². The van der Waals surface area contributed by atoms with Crippen LogP contribution in [0.15, 0.2) is 51.4 Å². The maximum atomic E-state index is 10.5. The van der Waals surface area contributed by atoms with Gasteiger partial charge in [0.25, 0.3) is 0 Å². The molecule has 0 saturated carbocycles. The Morgan fingerprint density at radius 1 is 1.19 bits per heavy atom. The Balaban J connectivity index is 2.22. The average molecular weight is 432 g/mol. The van der Waals surface area contributed by atoms with Crippen molar-refractivity contribution in [1.29, 1.82) is 0 Å². The number of hydrogen-bond donors (Lipinski definition) is 1. The van der Waals surface area contributed by atoms with E-state index >= 15 is 0 Å². The van der Waals surface area contributed by atoms with Crippen molar-refractivity contribution < 1.29 is 14.6 Å². The van der Waals surface area contributed by atoms with Gasteiger partial charge >= 0.3 is 5.97 Å². The Morgan fingerprint density at radius 3 is 2.57 bits per heavy atom. The molecule has 0 bridgehead atoms. The van der Waals surface area contributed by atoms with E-state index in [2.05, 4.69) is 31.9 Å². The molecule has 0 radical (unpaired) electrons. The quantitative estimate of drug-likeness (QED) is 0.626. The molecule has 0 spiro atoms. The van der Waals surface area contributed by atoms with Crippen molar-refractivity contribution in [2.24, 2.45) is 0 Å². The number of ether oxygens (including phenoxy) is 1. The van der Waals surface area contributed by atoms with Crippen molar-refractivity contribution in [2.75, 3.05) is 0 Å². The number of halogens is 3. The maximum absolute atomic E-state index is 10.5. The second-order valence-electron chi connectivity index (χ2n) is 4.03. The topological polar surface area (TPSA) is 46.5 Å². The van der Waals surface area contributed by atoms with E-state index in [-0.39, 0.29) is 0 Å². The van der Waals surface area contributed by atoms with Gasteiger partial charge in [0, 0.05) is 10.5 Å². The van der Waals surface area contributed by atoms with E-state index in [1.54, 1.807) is 18.2 Å². The van der Waals surface area contributed by atoms with Crippen molar-refractivity contribution in [2.45, 2.75) is 0 Å². The molecule has 0 aliphatic carbocycles. The van der Waals surface area contributed by atoms with Gasteiger partial charge in [-0.15, -0.1) is 0 Å². The summed E-state index contributed by atoms with van der Waals surface area (Å²) in [6, 6.07) is 10.6. The first-order valence-corrected chi connectivity index (χ1v) is 7.75. The van der Waals surface area contributed by atoms with Gasteiger partial charge < -0.3 is 9.84 Å². The molecule has 2 aromatic carbocycles. The van der Waals surface area contributed by atoms with Crippen LogP contribution in [0.1, 0.15) is 5.56 Å². The first-order valence-electron chi connectivity index (χ1n) is 5.79. The molecular weight excluding hydrogens is 423 g/mol. The fourth-order valence-corrected chi connectivity index (χ4v) is 2.91. The highest BCUT2D eigenvalue weighted by atomic mass is 79.9. The van der Waals surface area contributed by atoms with Gasteiger partial charge in [-0.3, -0.25) is 0 Å². The first kappa shape index (κ1) is 16.1. The third-order valence-corrected chi connectivity index (χ3v) is 3.94. The van der Waals surface area contributed by atoms with Crippen LogP contribution in [-0.4, -0.2) is 11.1 Å². The zero-order chi connectivity index (χ0) is 15.4. The van der Waals surface area contributed by atoms with Crippen LogP contribution < -0.4 is 4.74 Å². The third kappa shape index (κ3) is 4.59. The lowest BCUT2D eigenvalue weighted by Gasteiger charge is -2.09. The molecule has 3 nitrogen and oxygen atoms in total. The summed E-state index contributed by atoms with van der Waals surface area (Å²) in [5.74, 6) is 0.198. The van der Waals surface area contributed by atoms with Crippen LogP contribution >= 0.6 is 43.5 Å². The number of hydrogen-bond acceptors (Lipinski definition) is 2. The van der Waals surface area contributed by atoms with Gasteiger partial charge in [-0.2, -0.15) is 0 Å². The largest absolute Gasteiger partial charge is 0.478 e. The fourth-order valence-electron chi connectivity index (χ4n) is 1.55. The second-order valence-corrected chi connectivity index (χ2v) is 6.21. The molecule has 108 valence electrons. The molecule has 6 heteroatoms. The highest BCUT2D eigenvalue weighted by Crippen LogP contribution is 2.33. The van der Waals surface area contributed by atoms with E-state index < -0.39 is 5.97 Å². The Morgan fingerprint density at radius 2 is 1.95 bits per heavy atom. The molecule has 2 rings (SSSR count). The number of aliphatic carboxylic acids is 1. The van der Waals surface area contributed by atoms with Crippen LogP contribution in [0, 0.1) is 0 Å². The third-order valence-electron chi connectivity index (χ3n) is 2.50. The Labute approximate surface area is 143 Å². The molecular formula is C15H9Br2ClO3. The summed E-state index contributed by atoms with van der Waals surface area (Å²) < 4.78 is 7.48. The van der Waals surface area contributed by atoms with Gasteiger partial charge in [0.15, 0.2) is 0 Å². The van der Waals surface area contributed by atoms with Gasteiger partial charge in [-0.1, -0.05) is 27.5 Å². The molecule has 0 heterocycles. The Hall–Kier alpha value is -1.30. The van der Waals surface area contributed by atoms with Gasteiger partial charge in [0.05, 0.1) is 9.50 Å². The zero-order valence-corrected chi connectivity index (χ0v) is 14.4. The molecule has 0 amide bonds. The van der Waals surface area contributed by atoms with Crippen LogP contribution in [0.4, 0.5) is 0 Å². The lowest BCUT2D eigenvalue weighted by Crippen LogP contribution is -1.88. The molecule has 1 N–H and O–H groups in total. The van der Waals surface area contributed by atoms with Crippen LogP contribution in [0.2, 0.25) is 5.02 Å². The average Bonchev–Trinajstić information content (AvgIpc) is 2.41. The van der Waals surface area contributed by atoms with Crippen LogP contribution in [0.3, 0.4) is 0 Å². The Kier molecular flexibility index (Phi) is 5.45. The van der Waals surface area contributed by atoms with Gasteiger partial charge in [0.2, 0.25) is 0 Å². The molecule has 21 heavy (non-hydrogen) atoms. The van der Waals surface area contributed by atoms with Crippen molar-refractivity contribution in [1.82, 2.24) is 0 Å². The fraction of sp³-hybridized carbons (Fsp3) is 0.